The molecule has 1 fully saturated rings. The molecule has 3 rings (SSSR count). The van der Waals surface area contributed by atoms with Gasteiger partial charge in [0.1, 0.15) is 12.1 Å². The molecule has 8 heteroatoms. The maximum Gasteiger partial charge on any atom is 0.418 e. The van der Waals surface area contributed by atoms with Gasteiger partial charge < -0.3 is 10.2 Å². The number of rotatable bonds is 3. The molecule has 1 unspecified atom stereocenters. The molecule has 25 heavy (non-hydrogen) atoms. The molecular weight excluding hydrogens is 331 g/mol. The molecule has 0 amide bonds. The number of nitrogens with one attached hydrogen (secondary N) is 1. The lowest BCUT2D eigenvalue weighted by molar-refractivity contribution is -0.137. The van der Waals surface area contributed by atoms with Crippen molar-refractivity contribution in [1.82, 2.24) is 9.97 Å². The van der Waals surface area contributed by atoms with Gasteiger partial charge in [0.25, 0.3) is 0 Å². The fourth-order valence-corrected chi connectivity index (χ4v) is 2.95. The van der Waals surface area contributed by atoms with Gasteiger partial charge in [0.15, 0.2) is 0 Å². The van der Waals surface area contributed by atoms with Crippen molar-refractivity contribution in [3.63, 3.8) is 0 Å². The van der Waals surface area contributed by atoms with Crippen LogP contribution in [0.4, 0.5) is 24.7 Å². The summed E-state index contributed by atoms with van der Waals surface area (Å²) in [6.07, 6.45) is -2.36. The third-order valence-corrected chi connectivity index (χ3v) is 4.12. The van der Waals surface area contributed by atoms with E-state index in [4.69, 9.17) is 5.26 Å². The second-order valence-electron chi connectivity index (χ2n) is 5.96. The van der Waals surface area contributed by atoms with E-state index in [1.54, 1.807) is 17.0 Å². The van der Waals surface area contributed by atoms with Crippen LogP contribution in [-0.4, -0.2) is 29.1 Å². The van der Waals surface area contributed by atoms with Crippen molar-refractivity contribution < 1.29 is 13.2 Å². The highest BCUT2D eigenvalue weighted by atomic mass is 19.4. The summed E-state index contributed by atoms with van der Waals surface area (Å²) in [5.74, 6) is 0.662. The standard InChI is InChI=1S/C17H16F3N5/c1-11-6-16(23-10-22-11)24-13-4-5-25(9-13)15-3-2-12(8-21)7-14(15)17(18,19)20/h2-3,6-7,10,13H,4-5,9H2,1H3,(H,22,23,24). The maximum absolute atomic E-state index is 13.3. The monoisotopic (exact) mass is 347 g/mol. The Morgan fingerprint density at radius 1 is 1.28 bits per heavy atom. The molecule has 1 saturated heterocycles. The number of alkyl halides is 3. The lowest BCUT2D eigenvalue weighted by Gasteiger charge is -2.23. The zero-order valence-corrected chi connectivity index (χ0v) is 13.5. The minimum Gasteiger partial charge on any atom is -0.369 e. The van der Waals surface area contributed by atoms with Gasteiger partial charge in [-0.15, -0.1) is 0 Å². The van der Waals surface area contributed by atoms with Crippen molar-refractivity contribution in [3.05, 3.63) is 47.4 Å². The zero-order valence-electron chi connectivity index (χ0n) is 13.5. The largest absolute Gasteiger partial charge is 0.418 e. The van der Waals surface area contributed by atoms with Crippen molar-refractivity contribution in [2.45, 2.75) is 25.6 Å². The molecule has 0 aliphatic carbocycles. The van der Waals surface area contributed by atoms with Crippen LogP contribution < -0.4 is 10.2 Å². The second kappa shape index (κ2) is 6.59. The molecule has 1 N–H and O–H groups in total. The first-order valence-electron chi connectivity index (χ1n) is 7.78. The maximum atomic E-state index is 13.3. The molecule has 1 atom stereocenters. The predicted molar refractivity (Wildman–Crippen MR) is 87.2 cm³/mol. The summed E-state index contributed by atoms with van der Waals surface area (Å²) in [5.41, 5.74) is 0.153. The van der Waals surface area contributed by atoms with Gasteiger partial charge in [-0.3, -0.25) is 0 Å². The van der Waals surface area contributed by atoms with E-state index in [-0.39, 0.29) is 17.3 Å². The topological polar surface area (TPSA) is 64.8 Å². The Labute approximate surface area is 143 Å². The number of hydrogen-bond donors (Lipinski definition) is 1. The van der Waals surface area contributed by atoms with E-state index >= 15 is 0 Å². The molecule has 5 nitrogen and oxygen atoms in total. The number of hydrogen-bond acceptors (Lipinski definition) is 5. The summed E-state index contributed by atoms with van der Waals surface area (Å²) in [6.45, 7) is 2.77. The first-order valence-corrected chi connectivity index (χ1v) is 7.78. The number of aryl methyl sites for hydroxylation is 1. The SMILES string of the molecule is Cc1cc(NC2CCN(c3ccc(C#N)cc3C(F)(F)F)C2)ncn1. The highest BCUT2D eigenvalue weighted by Crippen LogP contribution is 2.38. The molecule has 1 aromatic carbocycles. The third-order valence-electron chi connectivity index (χ3n) is 4.12. The minimum atomic E-state index is -4.50. The molecule has 1 aliphatic heterocycles. The molecule has 0 saturated carbocycles. The Hall–Kier alpha value is -2.82. The van der Waals surface area contributed by atoms with Crippen LogP contribution in [0.3, 0.4) is 0 Å². The van der Waals surface area contributed by atoms with E-state index in [0.29, 0.717) is 25.3 Å². The zero-order chi connectivity index (χ0) is 18.0. The van der Waals surface area contributed by atoms with Crippen LogP contribution in [0.1, 0.15) is 23.2 Å². The number of nitrogens with zero attached hydrogens (tertiary/aromatic N) is 4. The number of nitriles is 1. The molecule has 0 spiro atoms. The lowest BCUT2D eigenvalue weighted by atomic mass is 10.1. The van der Waals surface area contributed by atoms with Crippen LogP contribution in [0.15, 0.2) is 30.6 Å². The van der Waals surface area contributed by atoms with E-state index in [0.717, 1.165) is 11.8 Å². The van der Waals surface area contributed by atoms with Crippen LogP contribution in [0.5, 0.6) is 0 Å². The number of aromatic nitrogens is 2. The average Bonchev–Trinajstić information content (AvgIpc) is 3.02. The van der Waals surface area contributed by atoms with Crippen LogP contribution in [0.25, 0.3) is 0 Å². The Morgan fingerprint density at radius 3 is 2.76 bits per heavy atom. The molecule has 2 aromatic rings. The Bertz CT molecular complexity index is 813. The van der Waals surface area contributed by atoms with E-state index < -0.39 is 11.7 Å². The molecule has 2 heterocycles. The van der Waals surface area contributed by atoms with Crippen LogP contribution in [0.2, 0.25) is 0 Å². The first kappa shape index (κ1) is 17.0. The summed E-state index contributed by atoms with van der Waals surface area (Å²) < 4.78 is 40.0. The Balaban J connectivity index is 1.79. The number of anilines is 2. The normalized spacial score (nSPS) is 17.4. The summed E-state index contributed by atoms with van der Waals surface area (Å²) in [4.78, 5) is 9.83. The molecule has 0 radical (unpaired) electrons. The van der Waals surface area contributed by atoms with E-state index in [2.05, 4.69) is 15.3 Å². The minimum absolute atomic E-state index is 0.00130. The van der Waals surface area contributed by atoms with Crippen LogP contribution >= 0.6 is 0 Å². The van der Waals surface area contributed by atoms with Gasteiger partial charge >= 0.3 is 6.18 Å². The van der Waals surface area contributed by atoms with Gasteiger partial charge in [-0.25, -0.2) is 9.97 Å². The van der Waals surface area contributed by atoms with E-state index in [9.17, 15) is 13.2 Å². The average molecular weight is 347 g/mol. The van der Waals surface area contributed by atoms with E-state index in [1.165, 1.54) is 18.5 Å². The smallest absolute Gasteiger partial charge is 0.369 e. The Kier molecular flexibility index (Phi) is 4.49. The highest BCUT2D eigenvalue weighted by Gasteiger charge is 2.36. The summed E-state index contributed by atoms with van der Waals surface area (Å²) in [5, 5.41) is 12.1. The third kappa shape index (κ3) is 3.82. The van der Waals surface area contributed by atoms with Crippen LogP contribution in [0, 0.1) is 18.3 Å². The van der Waals surface area contributed by atoms with Gasteiger partial charge in [-0.1, -0.05) is 0 Å². The number of benzene rings is 1. The Morgan fingerprint density at radius 2 is 2.08 bits per heavy atom. The highest BCUT2D eigenvalue weighted by molar-refractivity contribution is 5.59. The van der Waals surface area contributed by atoms with Gasteiger partial charge in [-0.05, 0) is 31.5 Å². The molecule has 1 aromatic heterocycles. The van der Waals surface area contributed by atoms with Crippen molar-refractivity contribution in [1.29, 1.82) is 5.26 Å². The number of halogens is 3. The lowest BCUT2D eigenvalue weighted by Crippen LogP contribution is -2.28. The van der Waals surface area contributed by atoms with Crippen molar-refractivity contribution in [2.75, 3.05) is 23.3 Å². The van der Waals surface area contributed by atoms with Crippen molar-refractivity contribution >= 4 is 11.5 Å². The van der Waals surface area contributed by atoms with Crippen molar-refractivity contribution in [2.24, 2.45) is 0 Å². The van der Waals surface area contributed by atoms with Gasteiger partial charge in [-0.2, -0.15) is 18.4 Å². The van der Waals surface area contributed by atoms with Gasteiger partial charge in [0.05, 0.1) is 17.2 Å². The predicted octanol–water partition coefficient (Wildman–Crippen LogP) is 3.37. The van der Waals surface area contributed by atoms with Crippen molar-refractivity contribution in [3.8, 4) is 6.07 Å². The second-order valence-corrected chi connectivity index (χ2v) is 5.96. The van der Waals surface area contributed by atoms with Gasteiger partial charge in [0.2, 0.25) is 0 Å². The van der Waals surface area contributed by atoms with Crippen LogP contribution in [-0.2, 0) is 6.18 Å². The van der Waals surface area contributed by atoms with E-state index in [1.807, 2.05) is 6.92 Å². The molecule has 130 valence electrons. The summed E-state index contributed by atoms with van der Waals surface area (Å²) in [6, 6.07) is 7.24. The molecule has 1 aliphatic rings. The molecular formula is C17H16F3N5. The fourth-order valence-electron chi connectivity index (χ4n) is 2.95. The quantitative estimate of drug-likeness (QED) is 0.922. The summed E-state index contributed by atoms with van der Waals surface area (Å²) >= 11 is 0. The van der Waals surface area contributed by atoms with Gasteiger partial charge in [0, 0.05) is 36.6 Å². The summed E-state index contributed by atoms with van der Waals surface area (Å²) in [7, 11) is 0. The first-order chi connectivity index (χ1) is 11.9. The molecule has 0 bridgehead atoms. The fraction of sp³-hybridized carbons (Fsp3) is 0.353.